The highest BCUT2D eigenvalue weighted by molar-refractivity contribution is 5.85. The molecule has 78 valence electrons. The van der Waals surface area contributed by atoms with Crippen LogP contribution in [0.25, 0.3) is 0 Å². The molecule has 0 unspecified atom stereocenters. The summed E-state index contributed by atoms with van der Waals surface area (Å²) in [5, 5.41) is 6.36. The van der Waals surface area contributed by atoms with E-state index in [1.54, 1.807) is 0 Å². The van der Waals surface area contributed by atoms with Crippen LogP contribution in [-0.4, -0.2) is 18.5 Å². The lowest BCUT2D eigenvalue weighted by Crippen LogP contribution is -2.37. The summed E-state index contributed by atoms with van der Waals surface area (Å²) in [4.78, 5) is 11.7. The number of nitrogens with one attached hydrogen (secondary N) is 2. The van der Waals surface area contributed by atoms with Gasteiger partial charge in [0.05, 0.1) is 12.0 Å². The number of anilines is 1. The zero-order valence-electron chi connectivity index (χ0n) is 8.66. The fourth-order valence-corrected chi connectivity index (χ4v) is 2.77. The first-order valence-electron chi connectivity index (χ1n) is 5.40. The minimum Gasteiger partial charge on any atom is -0.379 e. The molecule has 2 aliphatic rings. The minimum absolute atomic E-state index is 0.0971. The SMILES string of the molecule is C[C@@H]1c2ccccc2N[C@@H]2CNC(=O)[C@@H]12. The Labute approximate surface area is 88.9 Å². The highest BCUT2D eigenvalue weighted by atomic mass is 16.2. The summed E-state index contributed by atoms with van der Waals surface area (Å²) in [6.45, 7) is 2.89. The summed E-state index contributed by atoms with van der Waals surface area (Å²) < 4.78 is 0. The summed E-state index contributed by atoms with van der Waals surface area (Å²) in [6.07, 6.45) is 0. The average Bonchev–Trinajstić information content (AvgIpc) is 2.61. The standard InChI is InChI=1S/C12H14N2O/c1-7-8-4-2-3-5-9(8)14-10-6-13-12(15)11(7)10/h2-5,7,10-11,14H,6H2,1H3,(H,13,15)/t7-,10-,11+/m1/s1. The predicted octanol–water partition coefficient (Wildman–Crippen LogP) is 1.33. The third kappa shape index (κ3) is 1.16. The van der Waals surface area contributed by atoms with Crippen LogP contribution in [-0.2, 0) is 4.79 Å². The van der Waals surface area contributed by atoms with Crippen LogP contribution in [0.1, 0.15) is 18.4 Å². The molecule has 0 aliphatic carbocycles. The Morgan fingerprint density at radius 1 is 1.33 bits per heavy atom. The van der Waals surface area contributed by atoms with Gasteiger partial charge in [-0.1, -0.05) is 25.1 Å². The number of fused-ring (bicyclic) bond motifs is 2. The van der Waals surface area contributed by atoms with Crippen LogP contribution in [0.3, 0.4) is 0 Å². The van der Waals surface area contributed by atoms with Crippen molar-refractivity contribution in [3.05, 3.63) is 29.8 Å². The topological polar surface area (TPSA) is 41.1 Å². The van der Waals surface area contributed by atoms with Crippen LogP contribution in [0, 0.1) is 5.92 Å². The third-order valence-corrected chi connectivity index (χ3v) is 3.56. The van der Waals surface area contributed by atoms with Gasteiger partial charge in [0.25, 0.3) is 0 Å². The third-order valence-electron chi connectivity index (χ3n) is 3.56. The van der Waals surface area contributed by atoms with Crippen LogP contribution < -0.4 is 10.6 Å². The van der Waals surface area contributed by atoms with E-state index in [1.165, 1.54) is 11.3 Å². The summed E-state index contributed by atoms with van der Waals surface area (Å²) in [6, 6.07) is 8.52. The summed E-state index contributed by atoms with van der Waals surface area (Å²) in [5.74, 6) is 0.601. The molecule has 3 nitrogen and oxygen atoms in total. The van der Waals surface area contributed by atoms with Gasteiger partial charge in [-0.2, -0.15) is 0 Å². The maximum atomic E-state index is 11.7. The Balaban J connectivity index is 2.07. The summed E-state index contributed by atoms with van der Waals surface area (Å²) in [7, 11) is 0. The van der Waals surface area contributed by atoms with Gasteiger partial charge >= 0.3 is 0 Å². The molecule has 0 bridgehead atoms. The van der Waals surface area contributed by atoms with E-state index >= 15 is 0 Å². The lowest BCUT2D eigenvalue weighted by atomic mass is 9.80. The van der Waals surface area contributed by atoms with Crippen molar-refractivity contribution in [2.45, 2.75) is 18.9 Å². The quantitative estimate of drug-likeness (QED) is 0.666. The van der Waals surface area contributed by atoms with Crippen molar-refractivity contribution in [1.82, 2.24) is 5.32 Å². The Hall–Kier alpha value is -1.51. The highest BCUT2D eigenvalue weighted by Gasteiger charge is 2.42. The second-order valence-electron chi connectivity index (χ2n) is 4.40. The van der Waals surface area contributed by atoms with Gasteiger partial charge in [0.2, 0.25) is 5.91 Å². The normalized spacial score (nSPS) is 32.6. The van der Waals surface area contributed by atoms with E-state index in [0.29, 0.717) is 5.92 Å². The number of rotatable bonds is 0. The first-order chi connectivity index (χ1) is 7.27. The predicted molar refractivity (Wildman–Crippen MR) is 58.8 cm³/mol. The molecular weight excluding hydrogens is 188 g/mol. The van der Waals surface area contributed by atoms with Gasteiger partial charge in [-0.15, -0.1) is 0 Å². The molecule has 15 heavy (non-hydrogen) atoms. The van der Waals surface area contributed by atoms with Crippen LogP contribution in [0.4, 0.5) is 5.69 Å². The van der Waals surface area contributed by atoms with Gasteiger partial charge in [0.15, 0.2) is 0 Å². The van der Waals surface area contributed by atoms with E-state index in [9.17, 15) is 4.79 Å². The monoisotopic (exact) mass is 202 g/mol. The van der Waals surface area contributed by atoms with Crippen molar-refractivity contribution in [2.75, 3.05) is 11.9 Å². The Kier molecular flexibility index (Phi) is 1.75. The Morgan fingerprint density at radius 2 is 2.13 bits per heavy atom. The second kappa shape index (κ2) is 2.99. The van der Waals surface area contributed by atoms with Crippen LogP contribution >= 0.6 is 0 Å². The molecule has 1 saturated heterocycles. The van der Waals surface area contributed by atoms with Crippen molar-refractivity contribution in [1.29, 1.82) is 0 Å². The summed E-state index contributed by atoms with van der Waals surface area (Å²) >= 11 is 0. The molecule has 2 N–H and O–H groups in total. The molecule has 0 spiro atoms. The fraction of sp³-hybridized carbons (Fsp3) is 0.417. The Morgan fingerprint density at radius 3 is 3.00 bits per heavy atom. The van der Waals surface area contributed by atoms with E-state index in [-0.39, 0.29) is 17.9 Å². The maximum absolute atomic E-state index is 11.7. The first-order valence-corrected chi connectivity index (χ1v) is 5.40. The minimum atomic E-state index is 0.0971. The Bertz CT molecular complexity index is 416. The lowest BCUT2D eigenvalue weighted by Gasteiger charge is -2.32. The van der Waals surface area contributed by atoms with E-state index < -0.39 is 0 Å². The number of carbonyl (C=O) groups is 1. The van der Waals surface area contributed by atoms with Crippen molar-refractivity contribution in [2.24, 2.45) is 5.92 Å². The van der Waals surface area contributed by atoms with E-state index in [4.69, 9.17) is 0 Å². The second-order valence-corrected chi connectivity index (χ2v) is 4.40. The van der Waals surface area contributed by atoms with Crippen LogP contribution in [0.2, 0.25) is 0 Å². The highest BCUT2D eigenvalue weighted by Crippen LogP contribution is 2.39. The molecule has 1 amide bonds. The zero-order chi connectivity index (χ0) is 10.4. The number of benzene rings is 1. The first kappa shape index (κ1) is 8.77. The largest absolute Gasteiger partial charge is 0.379 e. The van der Waals surface area contributed by atoms with E-state index in [1.807, 2.05) is 12.1 Å². The molecule has 3 atom stereocenters. The zero-order valence-corrected chi connectivity index (χ0v) is 8.66. The number of carbonyl (C=O) groups excluding carboxylic acids is 1. The molecule has 1 aromatic rings. The van der Waals surface area contributed by atoms with Gasteiger partial charge < -0.3 is 10.6 Å². The molecule has 0 radical (unpaired) electrons. The molecule has 3 heteroatoms. The molecule has 0 saturated carbocycles. The van der Waals surface area contributed by atoms with Gasteiger partial charge in [-0.25, -0.2) is 0 Å². The molecule has 1 aromatic carbocycles. The molecule has 3 rings (SSSR count). The molecule has 1 fully saturated rings. The van der Waals surface area contributed by atoms with Gasteiger partial charge in [0, 0.05) is 12.2 Å². The number of hydrogen-bond acceptors (Lipinski definition) is 2. The van der Waals surface area contributed by atoms with Gasteiger partial charge in [-0.05, 0) is 17.5 Å². The molecule has 2 heterocycles. The lowest BCUT2D eigenvalue weighted by molar-refractivity contribution is -0.123. The van der Waals surface area contributed by atoms with Crippen molar-refractivity contribution in [3.8, 4) is 0 Å². The van der Waals surface area contributed by atoms with E-state index in [0.717, 1.165) is 6.54 Å². The van der Waals surface area contributed by atoms with E-state index in [2.05, 4.69) is 29.7 Å². The van der Waals surface area contributed by atoms with Crippen molar-refractivity contribution < 1.29 is 4.79 Å². The van der Waals surface area contributed by atoms with Crippen molar-refractivity contribution in [3.63, 3.8) is 0 Å². The van der Waals surface area contributed by atoms with Crippen LogP contribution in [0.5, 0.6) is 0 Å². The average molecular weight is 202 g/mol. The summed E-state index contributed by atoms with van der Waals surface area (Å²) in [5.41, 5.74) is 2.44. The molecular formula is C12H14N2O. The van der Waals surface area contributed by atoms with Gasteiger partial charge in [0.1, 0.15) is 0 Å². The molecule has 0 aromatic heterocycles. The van der Waals surface area contributed by atoms with Crippen molar-refractivity contribution >= 4 is 11.6 Å². The van der Waals surface area contributed by atoms with Crippen LogP contribution in [0.15, 0.2) is 24.3 Å². The fourth-order valence-electron chi connectivity index (χ4n) is 2.77. The number of amides is 1. The maximum Gasteiger partial charge on any atom is 0.225 e. The number of hydrogen-bond donors (Lipinski definition) is 2. The van der Waals surface area contributed by atoms with Gasteiger partial charge in [-0.3, -0.25) is 4.79 Å². The number of para-hydroxylation sites is 1. The molecule has 2 aliphatic heterocycles. The smallest absolute Gasteiger partial charge is 0.225 e.